The predicted molar refractivity (Wildman–Crippen MR) is 76.6 cm³/mol. The first kappa shape index (κ1) is 13.9. The number of fused-ring (bicyclic) bond motifs is 4. The third-order valence-corrected chi connectivity index (χ3v) is 4.86. The van der Waals surface area contributed by atoms with Crippen molar-refractivity contribution in [1.82, 2.24) is 4.90 Å². The number of amides is 1. The first-order valence-corrected chi connectivity index (χ1v) is 6.99. The Morgan fingerprint density at radius 2 is 2.10 bits per heavy atom. The fraction of sp³-hybridized carbons (Fsp3) is 0.500. The van der Waals surface area contributed by atoms with Crippen LogP contribution >= 0.6 is 0 Å². The van der Waals surface area contributed by atoms with Gasteiger partial charge >= 0.3 is 5.97 Å². The second kappa shape index (κ2) is 4.48. The van der Waals surface area contributed by atoms with Gasteiger partial charge < -0.3 is 14.4 Å². The molecule has 3 rings (SSSR count). The van der Waals surface area contributed by atoms with E-state index in [0.717, 1.165) is 24.0 Å². The van der Waals surface area contributed by atoms with Gasteiger partial charge in [0.1, 0.15) is 11.3 Å². The number of ether oxygens (including phenoxy) is 2. The van der Waals surface area contributed by atoms with Gasteiger partial charge in [-0.15, -0.1) is 0 Å². The predicted octanol–water partition coefficient (Wildman–Crippen LogP) is 1.53. The van der Waals surface area contributed by atoms with Crippen molar-refractivity contribution in [3.05, 3.63) is 28.8 Å². The molecule has 1 fully saturated rings. The molecule has 0 aromatic heterocycles. The average molecular weight is 289 g/mol. The lowest BCUT2D eigenvalue weighted by molar-refractivity contribution is -0.131. The van der Waals surface area contributed by atoms with E-state index in [9.17, 15) is 9.59 Å². The van der Waals surface area contributed by atoms with E-state index in [0.29, 0.717) is 11.3 Å². The standard InChI is InChI=1S/C16H19NO4/c1-16-8-10(17(2)15(16)19)5-9-6-11(14(18)21-4)13(20-3)7-12(9)16/h6-7,10H,5,8H2,1-4H3/t10-,16-/m1/s1. The van der Waals surface area contributed by atoms with Crippen LogP contribution in [0, 0.1) is 0 Å². The third-order valence-electron chi connectivity index (χ3n) is 4.86. The highest BCUT2D eigenvalue weighted by molar-refractivity contribution is 5.95. The lowest BCUT2D eigenvalue weighted by Crippen LogP contribution is -2.33. The Morgan fingerprint density at radius 3 is 2.71 bits per heavy atom. The van der Waals surface area contributed by atoms with E-state index in [-0.39, 0.29) is 11.9 Å². The number of nitrogens with zero attached hydrogens (tertiary/aromatic N) is 1. The molecule has 5 nitrogen and oxygen atoms in total. The first-order valence-electron chi connectivity index (χ1n) is 6.99. The highest BCUT2D eigenvalue weighted by Gasteiger charge is 2.52. The number of esters is 1. The Balaban J connectivity index is 2.19. The minimum Gasteiger partial charge on any atom is -0.496 e. The SMILES string of the molecule is COC(=O)c1cc2c(cc1OC)[C@@]1(C)C[C@@H](C2)N(C)C1=O. The molecule has 1 heterocycles. The number of carbonyl (C=O) groups is 2. The number of rotatable bonds is 2. The van der Waals surface area contributed by atoms with Gasteiger partial charge in [0.2, 0.25) is 5.91 Å². The fourth-order valence-electron chi connectivity index (χ4n) is 3.68. The Bertz CT molecular complexity index is 639. The van der Waals surface area contributed by atoms with Crippen molar-refractivity contribution in [3.8, 4) is 5.75 Å². The van der Waals surface area contributed by atoms with Crippen LogP contribution < -0.4 is 4.74 Å². The van der Waals surface area contributed by atoms with Gasteiger partial charge in [-0.25, -0.2) is 4.79 Å². The molecule has 1 aliphatic carbocycles. The molecule has 1 aromatic rings. The highest BCUT2D eigenvalue weighted by atomic mass is 16.5. The number of likely N-dealkylation sites (tertiary alicyclic amines) is 1. The number of hydrogen-bond acceptors (Lipinski definition) is 4. The van der Waals surface area contributed by atoms with Crippen LogP contribution in [0.1, 0.15) is 34.8 Å². The lowest BCUT2D eigenvalue weighted by Gasteiger charge is -2.30. The number of benzene rings is 1. The monoisotopic (exact) mass is 289 g/mol. The normalized spacial score (nSPS) is 26.6. The smallest absolute Gasteiger partial charge is 0.341 e. The van der Waals surface area contributed by atoms with Crippen LogP contribution in [0.4, 0.5) is 0 Å². The summed E-state index contributed by atoms with van der Waals surface area (Å²) in [6, 6.07) is 3.85. The molecule has 112 valence electrons. The van der Waals surface area contributed by atoms with Crippen LogP contribution in [0.15, 0.2) is 12.1 Å². The summed E-state index contributed by atoms with van der Waals surface area (Å²) in [5.41, 5.74) is 1.90. The number of carbonyl (C=O) groups excluding carboxylic acids is 2. The second-order valence-electron chi connectivity index (χ2n) is 6.01. The molecule has 0 N–H and O–H groups in total. The summed E-state index contributed by atoms with van der Waals surface area (Å²) in [6.07, 6.45) is 1.58. The molecule has 0 saturated carbocycles. The van der Waals surface area contributed by atoms with Gasteiger partial charge in [0.05, 0.1) is 19.6 Å². The average Bonchev–Trinajstić information content (AvgIpc) is 2.67. The van der Waals surface area contributed by atoms with Crippen LogP contribution in [0.5, 0.6) is 5.75 Å². The van der Waals surface area contributed by atoms with Crippen LogP contribution in [0.25, 0.3) is 0 Å². The van der Waals surface area contributed by atoms with Crippen LogP contribution in [0.2, 0.25) is 0 Å². The third kappa shape index (κ3) is 1.76. The summed E-state index contributed by atoms with van der Waals surface area (Å²) in [5, 5.41) is 0. The molecular weight excluding hydrogens is 270 g/mol. The molecule has 2 atom stereocenters. The Hall–Kier alpha value is -2.04. The molecule has 21 heavy (non-hydrogen) atoms. The van der Waals surface area contributed by atoms with Gasteiger partial charge in [-0.05, 0) is 43.0 Å². The highest BCUT2D eigenvalue weighted by Crippen LogP contribution is 2.47. The van der Waals surface area contributed by atoms with E-state index >= 15 is 0 Å². The quantitative estimate of drug-likeness (QED) is 0.775. The van der Waals surface area contributed by atoms with Gasteiger partial charge in [-0.2, -0.15) is 0 Å². The minimum absolute atomic E-state index is 0.138. The van der Waals surface area contributed by atoms with Crippen LogP contribution in [0.3, 0.4) is 0 Å². The topological polar surface area (TPSA) is 55.8 Å². The largest absolute Gasteiger partial charge is 0.496 e. The van der Waals surface area contributed by atoms with E-state index in [1.54, 1.807) is 0 Å². The zero-order valence-corrected chi connectivity index (χ0v) is 12.7. The maximum atomic E-state index is 12.5. The summed E-state index contributed by atoms with van der Waals surface area (Å²) in [6.45, 7) is 1.97. The summed E-state index contributed by atoms with van der Waals surface area (Å²) in [7, 11) is 4.72. The molecule has 1 aliphatic heterocycles. The van der Waals surface area contributed by atoms with Crippen molar-refractivity contribution in [1.29, 1.82) is 0 Å². The van der Waals surface area contributed by atoms with Crippen molar-refractivity contribution >= 4 is 11.9 Å². The van der Waals surface area contributed by atoms with E-state index in [4.69, 9.17) is 9.47 Å². The van der Waals surface area contributed by atoms with Crippen molar-refractivity contribution < 1.29 is 19.1 Å². The van der Waals surface area contributed by atoms with Crippen LogP contribution in [-0.4, -0.2) is 44.1 Å². The fourth-order valence-corrected chi connectivity index (χ4v) is 3.68. The van der Waals surface area contributed by atoms with Gasteiger partial charge in [-0.1, -0.05) is 0 Å². The number of likely N-dealkylation sites (N-methyl/N-ethyl adjacent to an activating group) is 1. The number of hydrogen-bond donors (Lipinski definition) is 0. The molecule has 0 spiro atoms. The second-order valence-corrected chi connectivity index (χ2v) is 6.01. The van der Waals surface area contributed by atoms with Crippen LogP contribution in [-0.2, 0) is 21.4 Å². The summed E-state index contributed by atoms with van der Waals surface area (Å²) >= 11 is 0. The number of methoxy groups -OCH3 is 2. The lowest BCUT2D eigenvalue weighted by atomic mass is 9.72. The van der Waals surface area contributed by atoms with E-state index < -0.39 is 11.4 Å². The van der Waals surface area contributed by atoms with E-state index in [1.807, 2.05) is 31.0 Å². The summed E-state index contributed by atoms with van der Waals surface area (Å²) < 4.78 is 10.1. The van der Waals surface area contributed by atoms with Crippen molar-refractivity contribution in [2.45, 2.75) is 31.2 Å². The van der Waals surface area contributed by atoms with E-state index in [1.165, 1.54) is 14.2 Å². The van der Waals surface area contributed by atoms with Crippen molar-refractivity contribution in [2.75, 3.05) is 21.3 Å². The maximum Gasteiger partial charge on any atom is 0.341 e. The molecule has 2 bridgehead atoms. The molecule has 1 amide bonds. The molecule has 2 aliphatic rings. The van der Waals surface area contributed by atoms with Gasteiger partial charge in [0.15, 0.2) is 0 Å². The Morgan fingerprint density at radius 1 is 1.38 bits per heavy atom. The minimum atomic E-state index is -0.519. The summed E-state index contributed by atoms with van der Waals surface area (Å²) in [4.78, 5) is 26.2. The molecular formula is C16H19NO4. The maximum absolute atomic E-state index is 12.5. The van der Waals surface area contributed by atoms with Gasteiger partial charge in [0.25, 0.3) is 0 Å². The summed E-state index contributed by atoms with van der Waals surface area (Å²) in [5.74, 6) is 0.180. The zero-order chi connectivity index (χ0) is 15.4. The van der Waals surface area contributed by atoms with Gasteiger partial charge in [0, 0.05) is 13.1 Å². The van der Waals surface area contributed by atoms with Crippen molar-refractivity contribution in [3.63, 3.8) is 0 Å². The Kier molecular flexibility index (Phi) is 2.97. The molecule has 0 unspecified atom stereocenters. The Labute approximate surface area is 123 Å². The first-order chi connectivity index (χ1) is 9.92. The molecule has 1 saturated heterocycles. The van der Waals surface area contributed by atoms with E-state index in [2.05, 4.69) is 0 Å². The molecule has 1 aromatic carbocycles. The zero-order valence-electron chi connectivity index (χ0n) is 12.7. The molecule has 0 radical (unpaired) electrons. The molecule has 5 heteroatoms. The van der Waals surface area contributed by atoms with Crippen molar-refractivity contribution in [2.24, 2.45) is 0 Å². The van der Waals surface area contributed by atoms with Gasteiger partial charge in [-0.3, -0.25) is 4.79 Å².